The largest absolute Gasteiger partial charge is 0.395 e. The van der Waals surface area contributed by atoms with Gasteiger partial charge in [0.25, 0.3) is 0 Å². The van der Waals surface area contributed by atoms with Crippen LogP contribution in [0.5, 0.6) is 0 Å². The van der Waals surface area contributed by atoms with Gasteiger partial charge in [-0.3, -0.25) is 0 Å². The van der Waals surface area contributed by atoms with Gasteiger partial charge in [0.2, 0.25) is 5.95 Å². The maximum absolute atomic E-state index is 13.2. The van der Waals surface area contributed by atoms with Crippen LogP contribution in [0.25, 0.3) is 11.2 Å². The minimum absolute atomic E-state index is 0.00536. The fourth-order valence-corrected chi connectivity index (χ4v) is 2.10. The second kappa shape index (κ2) is 6.67. The van der Waals surface area contributed by atoms with E-state index in [2.05, 4.69) is 30.6 Å². The van der Waals surface area contributed by atoms with Gasteiger partial charge in [-0.2, -0.15) is 9.97 Å². The van der Waals surface area contributed by atoms with Crippen LogP contribution in [0.4, 0.5) is 21.8 Å². The van der Waals surface area contributed by atoms with Crippen molar-refractivity contribution in [1.29, 1.82) is 0 Å². The maximum atomic E-state index is 13.2. The molecule has 2 aromatic heterocycles. The molecule has 7 nitrogen and oxygen atoms in total. The van der Waals surface area contributed by atoms with Gasteiger partial charge in [0.15, 0.2) is 17.0 Å². The lowest BCUT2D eigenvalue weighted by Crippen LogP contribution is -2.10. The van der Waals surface area contributed by atoms with Crippen LogP contribution in [0.15, 0.2) is 30.6 Å². The third-order valence-electron chi connectivity index (χ3n) is 2.91. The summed E-state index contributed by atoms with van der Waals surface area (Å²) in [6, 6.07) is 4.20. The molecule has 0 spiro atoms. The molecule has 9 heteroatoms. The van der Waals surface area contributed by atoms with E-state index in [1.54, 1.807) is 0 Å². The van der Waals surface area contributed by atoms with E-state index in [-0.39, 0.29) is 17.6 Å². The maximum Gasteiger partial charge on any atom is 0.231 e. The van der Waals surface area contributed by atoms with E-state index in [1.807, 2.05) is 0 Å². The number of anilines is 3. The van der Waals surface area contributed by atoms with E-state index in [4.69, 9.17) is 16.7 Å². The standard InChI is InChI=1S/C14H12ClFN6O/c15-9-7-8(1-2-10(9)16)20-14-21-12-11(17-3-4-18-12)13(22-14)19-5-6-23/h1-4,7,23H,5-6H2,(H2,18,19,20,21,22). The number of nitrogens with one attached hydrogen (secondary N) is 2. The first-order valence-electron chi connectivity index (χ1n) is 6.73. The van der Waals surface area contributed by atoms with Crippen molar-refractivity contribution in [2.75, 3.05) is 23.8 Å². The first-order valence-corrected chi connectivity index (χ1v) is 7.11. The summed E-state index contributed by atoms with van der Waals surface area (Å²) in [5, 5.41) is 14.8. The third-order valence-corrected chi connectivity index (χ3v) is 3.20. The number of nitrogens with zero attached hydrogens (tertiary/aromatic N) is 4. The highest BCUT2D eigenvalue weighted by atomic mass is 35.5. The van der Waals surface area contributed by atoms with E-state index >= 15 is 0 Å². The molecule has 118 valence electrons. The molecular formula is C14H12ClFN6O. The van der Waals surface area contributed by atoms with Gasteiger partial charge in [0.05, 0.1) is 11.6 Å². The second-order valence-corrected chi connectivity index (χ2v) is 4.94. The number of halogens is 2. The van der Waals surface area contributed by atoms with Gasteiger partial charge in [-0.1, -0.05) is 11.6 Å². The summed E-state index contributed by atoms with van der Waals surface area (Å²) in [6.45, 7) is 0.257. The molecule has 0 fully saturated rings. The zero-order chi connectivity index (χ0) is 16.2. The highest BCUT2D eigenvalue weighted by Gasteiger charge is 2.10. The SMILES string of the molecule is OCCNc1nc(Nc2ccc(F)c(Cl)c2)nc2nccnc12. The Hall–Kier alpha value is -2.58. The lowest BCUT2D eigenvalue weighted by molar-refractivity contribution is 0.311. The van der Waals surface area contributed by atoms with Crippen molar-refractivity contribution in [2.24, 2.45) is 0 Å². The van der Waals surface area contributed by atoms with Crippen LogP contribution >= 0.6 is 11.6 Å². The number of hydrogen-bond donors (Lipinski definition) is 3. The Bertz CT molecular complexity index is 847. The van der Waals surface area contributed by atoms with Gasteiger partial charge >= 0.3 is 0 Å². The number of benzene rings is 1. The second-order valence-electron chi connectivity index (χ2n) is 4.53. The minimum Gasteiger partial charge on any atom is -0.395 e. The Morgan fingerprint density at radius 3 is 2.78 bits per heavy atom. The zero-order valence-electron chi connectivity index (χ0n) is 11.8. The highest BCUT2D eigenvalue weighted by Crippen LogP contribution is 2.23. The first-order chi connectivity index (χ1) is 11.2. The van der Waals surface area contributed by atoms with E-state index in [0.29, 0.717) is 29.2 Å². The number of aliphatic hydroxyl groups is 1. The fourth-order valence-electron chi connectivity index (χ4n) is 1.92. The molecule has 0 unspecified atom stereocenters. The molecule has 0 saturated heterocycles. The van der Waals surface area contributed by atoms with Gasteiger partial charge in [-0.25, -0.2) is 14.4 Å². The van der Waals surface area contributed by atoms with Crippen LogP contribution in [-0.2, 0) is 0 Å². The van der Waals surface area contributed by atoms with Crippen LogP contribution in [0.2, 0.25) is 5.02 Å². The monoisotopic (exact) mass is 334 g/mol. The Morgan fingerprint density at radius 1 is 1.17 bits per heavy atom. The summed E-state index contributed by atoms with van der Waals surface area (Å²) in [4.78, 5) is 16.9. The molecule has 1 aromatic carbocycles. The first kappa shape index (κ1) is 15.3. The molecule has 0 bridgehead atoms. The molecule has 0 aliphatic carbocycles. The Labute approximate surface area is 135 Å². The molecule has 0 radical (unpaired) electrons. The number of rotatable bonds is 5. The van der Waals surface area contributed by atoms with Crippen LogP contribution in [-0.4, -0.2) is 38.2 Å². The van der Waals surface area contributed by atoms with Crippen molar-refractivity contribution in [2.45, 2.75) is 0 Å². The number of aliphatic hydroxyl groups excluding tert-OH is 1. The topological polar surface area (TPSA) is 95.8 Å². The molecule has 3 rings (SSSR count). The lowest BCUT2D eigenvalue weighted by atomic mass is 10.3. The molecule has 23 heavy (non-hydrogen) atoms. The smallest absolute Gasteiger partial charge is 0.231 e. The molecule has 0 saturated carbocycles. The van der Waals surface area contributed by atoms with Gasteiger partial charge in [-0.15, -0.1) is 0 Å². The highest BCUT2D eigenvalue weighted by molar-refractivity contribution is 6.31. The summed E-state index contributed by atoms with van der Waals surface area (Å²) >= 11 is 5.76. The van der Waals surface area contributed by atoms with E-state index in [9.17, 15) is 4.39 Å². The summed E-state index contributed by atoms with van der Waals surface area (Å²) in [5.41, 5.74) is 1.41. The fraction of sp³-hybridized carbons (Fsp3) is 0.143. The molecule has 0 aliphatic heterocycles. The molecule has 0 aliphatic rings. The van der Waals surface area contributed by atoms with Crippen molar-refractivity contribution < 1.29 is 9.50 Å². The molecular weight excluding hydrogens is 323 g/mol. The van der Waals surface area contributed by atoms with E-state index in [0.717, 1.165) is 0 Å². The predicted octanol–water partition coefficient (Wildman–Crippen LogP) is 2.36. The van der Waals surface area contributed by atoms with Gasteiger partial charge in [0, 0.05) is 24.6 Å². The molecule has 2 heterocycles. The van der Waals surface area contributed by atoms with Crippen molar-refractivity contribution >= 4 is 40.2 Å². The lowest BCUT2D eigenvalue weighted by Gasteiger charge is -2.10. The Kier molecular flexibility index (Phi) is 4.45. The van der Waals surface area contributed by atoms with Crippen molar-refractivity contribution in [3.8, 4) is 0 Å². The molecule has 3 N–H and O–H groups in total. The summed E-state index contributed by atoms with van der Waals surface area (Å²) in [5.74, 6) is 0.182. The van der Waals surface area contributed by atoms with Crippen LogP contribution in [0, 0.1) is 5.82 Å². The van der Waals surface area contributed by atoms with E-state index < -0.39 is 5.82 Å². The quantitative estimate of drug-likeness (QED) is 0.659. The molecule has 0 amide bonds. The zero-order valence-corrected chi connectivity index (χ0v) is 12.5. The summed E-state index contributed by atoms with van der Waals surface area (Å²) < 4.78 is 13.2. The summed E-state index contributed by atoms with van der Waals surface area (Å²) in [6.07, 6.45) is 3.05. The van der Waals surface area contributed by atoms with Crippen LogP contribution in [0.1, 0.15) is 0 Å². The summed E-state index contributed by atoms with van der Waals surface area (Å²) in [7, 11) is 0. The van der Waals surface area contributed by atoms with E-state index in [1.165, 1.54) is 30.6 Å². The van der Waals surface area contributed by atoms with Crippen molar-refractivity contribution in [3.05, 3.63) is 41.4 Å². The average Bonchev–Trinajstić information content (AvgIpc) is 2.56. The number of fused-ring (bicyclic) bond motifs is 1. The number of hydrogen-bond acceptors (Lipinski definition) is 7. The molecule has 0 atom stereocenters. The Morgan fingerprint density at radius 2 is 2.00 bits per heavy atom. The van der Waals surface area contributed by atoms with Crippen LogP contribution < -0.4 is 10.6 Å². The van der Waals surface area contributed by atoms with Gasteiger partial charge in [0.1, 0.15) is 5.82 Å². The van der Waals surface area contributed by atoms with Crippen LogP contribution in [0.3, 0.4) is 0 Å². The number of aromatic nitrogens is 4. The predicted molar refractivity (Wildman–Crippen MR) is 85.4 cm³/mol. The van der Waals surface area contributed by atoms with Gasteiger partial charge in [-0.05, 0) is 18.2 Å². The van der Waals surface area contributed by atoms with Gasteiger partial charge < -0.3 is 15.7 Å². The van der Waals surface area contributed by atoms with Crippen molar-refractivity contribution in [3.63, 3.8) is 0 Å². The minimum atomic E-state index is -0.507. The van der Waals surface area contributed by atoms with Crippen molar-refractivity contribution in [1.82, 2.24) is 19.9 Å². The Balaban J connectivity index is 1.98. The average molecular weight is 335 g/mol. The normalized spacial score (nSPS) is 10.7. The third kappa shape index (κ3) is 3.43. The molecule has 3 aromatic rings.